The summed E-state index contributed by atoms with van der Waals surface area (Å²) < 4.78 is 0. The first-order chi connectivity index (χ1) is 9.25. The average Bonchev–Trinajstić information content (AvgIpc) is 2.45. The second kappa shape index (κ2) is 6.54. The maximum absolute atomic E-state index is 11.7. The van der Waals surface area contributed by atoms with Crippen LogP contribution < -0.4 is 11.1 Å². The van der Waals surface area contributed by atoms with Gasteiger partial charge in [0.25, 0.3) is 0 Å². The van der Waals surface area contributed by atoms with Gasteiger partial charge in [0.2, 0.25) is 5.91 Å². The Morgan fingerprint density at radius 3 is 2.63 bits per heavy atom. The van der Waals surface area contributed by atoms with Gasteiger partial charge in [-0.15, -0.1) is 0 Å². The molecule has 0 bridgehead atoms. The summed E-state index contributed by atoms with van der Waals surface area (Å²) in [6.07, 6.45) is 4.53. The molecule has 2 aromatic rings. The van der Waals surface area contributed by atoms with Gasteiger partial charge in [0.05, 0.1) is 0 Å². The molecule has 98 valence electrons. The van der Waals surface area contributed by atoms with E-state index >= 15 is 0 Å². The second-order valence-corrected chi connectivity index (χ2v) is 4.33. The van der Waals surface area contributed by atoms with Crippen LogP contribution in [0, 0.1) is 0 Å². The molecule has 0 aliphatic rings. The lowest BCUT2D eigenvalue weighted by Crippen LogP contribution is -2.23. The molecule has 0 spiro atoms. The molecule has 0 aliphatic heterocycles. The first-order valence-electron chi connectivity index (χ1n) is 6.24. The summed E-state index contributed by atoms with van der Waals surface area (Å²) >= 11 is 0. The van der Waals surface area contributed by atoms with Crippen molar-refractivity contribution in [2.75, 3.05) is 5.73 Å². The molecule has 0 atom stereocenters. The van der Waals surface area contributed by atoms with Gasteiger partial charge >= 0.3 is 0 Å². The lowest BCUT2D eigenvalue weighted by atomic mass is 10.1. The topological polar surface area (TPSA) is 68.0 Å². The van der Waals surface area contributed by atoms with Crippen molar-refractivity contribution >= 4 is 11.6 Å². The van der Waals surface area contributed by atoms with E-state index in [-0.39, 0.29) is 5.91 Å². The van der Waals surface area contributed by atoms with Gasteiger partial charge in [-0.2, -0.15) is 0 Å². The number of nitrogens with two attached hydrogens (primary N) is 1. The maximum Gasteiger partial charge on any atom is 0.220 e. The molecule has 1 aromatic heterocycles. The minimum Gasteiger partial charge on any atom is -0.399 e. The third-order valence-corrected chi connectivity index (χ3v) is 2.92. The Morgan fingerprint density at radius 1 is 1.16 bits per heavy atom. The van der Waals surface area contributed by atoms with Crippen molar-refractivity contribution in [3.8, 4) is 0 Å². The number of nitrogens with one attached hydrogen (secondary N) is 1. The van der Waals surface area contributed by atoms with Gasteiger partial charge in [0, 0.05) is 31.0 Å². The monoisotopic (exact) mass is 255 g/mol. The van der Waals surface area contributed by atoms with E-state index in [0.29, 0.717) is 19.4 Å². The summed E-state index contributed by atoms with van der Waals surface area (Å²) in [5, 5.41) is 2.88. The normalized spacial score (nSPS) is 10.1. The highest BCUT2D eigenvalue weighted by molar-refractivity contribution is 5.76. The van der Waals surface area contributed by atoms with Crippen LogP contribution in [0.3, 0.4) is 0 Å². The van der Waals surface area contributed by atoms with Gasteiger partial charge in [0.1, 0.15) is 0 Å². The highest BCUT2D eigenvalue weighted by Gasteiger charge is 2.04. The van der Waals surface area contributed by atoms with Crippen molar-refractivity contribution in [2.45, 2.75) is 19.4 Å². The van der Waals surface area contributed by atoms with Crippen molar-refractivity contribution in [1.29, 1.82) is 0 Å². The Labute approximate surface area is 112 Å². The standard InChI is InChI=1S/C15H17N3O/c16-14-4-2-1-3-13(14)5-6-15(19)18-11-12-7-9-17-10-8-12/h1-4,7-10H,5-6,11,16H2,(H,18,19). The molecule has 4 heteroatoms. The van der Waals surface area contributed by atoms with Gasteiger partial charge in [-0.3, -0.25) is 9.78 Å². The first kappa shape index (κ1) is 13.1. The van der Waals surface area contributed by atoms with Crippen molar-refractivity contribution in [3.63, 3.8) is 0 Å². The highest BCUT2D eigenvalue weighted by atomic mass is 16.1. The molecule has 19 heavy (non-hydrogen) atoms. The molecule has 0 saturated heterocycles. The zero-order chi connectivity index (χ0) is 13.5. The number of hydrogen-bond donors (Lipinski definition) is 2. The summed E-state index contributed by atoms with van der Waals surface area (Å²) in [5.74, 6) is 0.0278. The van der Waals surface area contributed by atoms with Crippen molar-refractivity contribution in [3.05, 3.63) is 59.9 Å². The second-order valence-electron chi connectivity index (χ2n) is 4.33. The van der Waals surface area contributed by atoms with Gasteiger partial charge in [0.15, 0.2) is 0 Å². The fourth-order valence-corrected chi connectivity index (χ4v) is 1.80. The SMILES string of the molecule is Nc1ccccc1CCC(=O)NCc1ccncc1. The van der Waals surface area contributed by atoms with Crippen LogP contribution >= 0.6 is 0 Å². The number of nitrogens with zero attached hydrogens (tertiary/aromatic N) is 1. The van der Waals surface area contributed by atoms with E-state index in [1.54, 1.807) is 12.4 Å². The minimum absolute atomic E-state index is 0.0278. The predicted octanol–water partition coefficient (Wildman–Crippen LogP) is 1.91. The van der Waals surface area contributed by atoms with Crippen molar-refractivity contribution < 1.29 is 4.79 Å². The summed E-state index contributed by atoms with van der Waals surface area (Å²) in [4.78, 5) is 15.7. The molecule has 0 fully saturated rings. The Kier molecular flexibility index (Phi) is 4.50. The Morgan fingerprint density at radius 2 is 1.89 bits per heavy atom. The number of aromatic nitrogens is 1. The van der Waals surface area contributed by atoms with Crippen LogP contribution in [-0.4, -0.2) is 10.9 Å². The van der Waals surface area contributed by atoms with Crippen LogP contribution in [0.5, 0.6) is 0 Å². The average molecular weight is 255 g/mol. The number of rotatable bonds is 5. The maximum atomic E-state index is 11.7. The molecule has 1 heterocycles. The number of anilines is 1. The minimum atomic E-state index is 0.0278. The molecule has 1 aromatic carbocycles. The van der Waals surface area contributed by atoms with Crippen LogP contribution in [0.1, 0.15) is 17.5 Å². The third kappa shape index (κ3) is 4.10. The van der Waals surface area contributed by atoms with Crippen molar-refractivity contribution in [2.24, 2.45) is 0 Å². The number of amides is 1. The molecular weight excluding hydrogens is 238 g/mol. The fraction of sp³-hybridized carbons (Fsp3) is 0.200. The van der Waals surface area contributed by atoms with E-state index in [1.165, 1.54) is 0 Å². The van der Waals surface area contributed by atoms with E-state index in [9.17, 15) is 4.79 Å². The summed E-state index contributed by atoms with van der Waals surface area (Å²) in [5.41, 5.74) is 8.63. The van der Waals surface area contributed by atoms with E-state index in [0.717, 1.165) is 16.8 Å². The lowest BCUT2D eigenvalue weighted by Gasteiger charge is -2.07. The molecule has 4 nitrogen and oxygen atoms in total. The Hall–Kier alpha value is -2.36. The zero-order valence-corrected chi connectivity index (χ0v) is 10.7. The number of hydrogen-bond acceptors (Lipinski definition) is 3. The number of pyridine rings is 1. The third-order valence-electron chi connectivity index (χ3n) is 2.92. The number of benzene rings is 1. The number of nitrogen functional groups attached to an aromatic ring is 1. The summed E-state index contributed by atoms with van der Waals surface area (Å²) in [7, 11) is 0. The number of aryl methyl sites for hydroxylation is 1. The van der Waals surface area contributed by atoms with E-state index in [4.69, 9.17) is 5.73 Å². The summed E-state index contributed by atoms with van der Waals surface area (Å²) in [6, 6.07) is 11.4. The molecule has 0 radical (unpaired) electrons. The predicted molar refractivity (Wildman–Crippen MR) is 75.3 cm³/mol. The molecule has 0 saturated carbocycles. The van der Waals surface area contributed by atoms with Crippen molar-refractivity contribution in [1.82, 2.24) is 10.3 Å². The van der Waals surface area contributed by atoms with Crippen LogP contribution in [-0.2, 0) is 17.8 Å². The largest absolute Gasteiger partial charge is 0.399 e. The Balaban J connectivity index is 1.78. The highest BCUT2D eigenvalue weighted by Crippen LogP contribution is 2.12. The quantitative estimate of drug-likeness (QED) is 0.802. The van der Waals surface area contributed by atoms with Gasteiger partial charge in [-0.1, -0.05) is 18.2 Å². The number of para-hydroxylation sites is 1. The molecule has 3 N–H and O–H groups in total. The molecule has 2 rings (SSSR count). The molecule has 0 aliphatic carbocycles. The lowest BCUT2D eigenvalue weighted by molar-refractivity contribution is -0.121. The number of carbonyl (C=O) groups excluding carboxylic acids is 1. The number of carbonyl (C=O) groups is 1. The Bertz CT molecular complexity index is 540. The van der Waals surface area contributed by atoms with E-state index in [1.807, 2.05) is 36.4 Å². The molecule has 0 unspecified atom stereocenters. The van der Waals surface area contributed by atoms with E-state index in [2.05, 4.69) is 10.3 Å². The molecular formula is C15H17N3O. The smallest absolute Gasteiger partial charge is 0.220 e. The van der Waals surface area contributed by atoms with Gasteiger partial charge in [-0.25, -0.2) is 0 Å². The van der Waals surface area contributed by atoms with Crippen LogP contribution in [0.25, 0.3) is 0 Å². The van der Waals surface area contributed by atoms with Gasteiger partial charge < -0.3 is 11.1 Å². The zero-order valence-electron chi connectivity index (χ0n) is 10.7. The van der Waals surface area contributed by atoms with E-state index < -0.39 is 0 Å². The fourth-order valence-electron chi connectivity index (χ4n) is 1.80. The van der Waals surface area contributed by atoms with Crippen LogP contribution in [0.4, 0.5) is 5.69 Å². The van der Waals surface area contributed by atoms with Crippen LogP contribution in [0.2, 0.25) is 0 Å². The first-order valence-corrected chi connectivity index (χ1v) is 6.24. The summed E-state index contributed by atoms with van der Waals surface area (Å²) in [6.45, 7) is 0.533. The molecule has 1 amide bonds. The van der Waals surface area contributed by atoms with Gasteiger partial charge in [-0.05, 0) is 35.7 Å². The van der Waals surface area contributed by atoms with Crippen LogP contribution in [0.15, 0.2) is 48.8 Å².